The second-order valence-electron chi connectivity index (χ2n) is 7.59. The molecule has 4 rings (SSSR count). The van der Waals surface area contributed by atoms with E-state index < -0.39 is 27.8 Å². The molecule has 2 atom stereocenters. The molecule has 1 aliphatic rings. The fourth-order valence-corrected chi connectivity index (χ4v) is 5.58. The number of hydrogen-bond donors (Lipinski definition) is 1. The van der Waals surface area contributed by atoms with Crippen molar-refractivity contribution in [2.45, 2.75) is 23.3 Å². The van der Waals surface area contributed by atoms with E-state index in [9.17, 15) is 13.2 Å². The zero-order chi connectivity index (χ0) is 24.3. The first kappa shape index (κ1) is 24.5. The summed E-state index contributed by atoms with van der Waals surface area (Å²) in [5.41, 5.74) is 0.938. The molecule has 3 aromatic rings. The normalized spacial score (nSPS) is 20.3. The molecular weight excluding hydrogens is 505 g/mol. The van der Waals surface area contributed by atoms with Crippen molar-refractivity contribution in [2.24, 2.45) is 0 Å². The number of anilines is 1. The Bertz CT molecular complexity index is 1270. The number of rotatable bonds is 7. The van der Waals surface area contributed by atoms with E-state index in [1.807, 2.05) is 0 Å². The molecule has 0 saturated carbocycles. The Kier molecular flexibility index (Phi) is 7.15. The van der Waals surface area contributed by atoms with Crippen LogP contribution >= 0.6 is 23.2 Å². The Hall–Kier alpha value is -2.63. The molecule has 9 nitrogen and oxygen atoms in total. The lowest BCUT2D eigenvalue weighted by atomic mass is 10.1. The molecule has 1 N–H and O–H groups in total. The highest BCUT2D eigenvalue weighted by Gasteiger charge is 2.46. The van der Waals surface area contributed by atoms with Gasteiger partial charge in [0.25, 0.3) is 0 Å². The lowest BCUT2D eigenvalue weighted by molar-refractivity contribution is -0.184. The number of hydrogen-bond acceptors (Lipinski definition) is 7. The third-order valence-electron chi connectivity index (χ3n) is 5.20. The maximum Gasteiger partial charge on any atom is 0.411 e. The van der Waals surface area contributed by atoms with E-state index in [-0.39, 0.29) is 23.8 Å². The van der Waals surface area contributed by atoms with Crippen LogP contribution in [-0.4, -0.2) is 49.6 Å². The average molecular weight is 526 g/mol. The van der Waals surface area contributed by atoms with Crippen LogP contribution in [0.15, 0.2) is 66.1 Å². The van der Waals surface area contributed by atoms with Gasteiger partial charge in [0.15, 0.2) is 9.84 Å². The van der Waals surface area contributed by atoms with Crippen LogP contribution in [0.2, 0.25) is 10.0 Å². The second-order valence-corrected chi connectivity index (χ2v) is 10.5. The summed E-state index contributed by atoms with van der Waals surface area (Å²) in [5, 5.41) is 3.26. The lowest BCUT2D eigenvalue weighted by Crippen LogP contribution is -2.34. The van der Waals surface area contributed by atoms with Crippen LogP contribution in [0, 0.1) is 0 Å². The zero-order valence-electron chi connectivity index (χ0n) is 18.0. The number of sulfone groups is 1. The highest BCUT2D eigenvalue weighted by molar-refractivity contribution is 7.91. The van der Waals surface area contributed by atoms with E-state index in [0.717, 1.165) is 0 Å². The number of nitrogens with zero attached hydrogens (tertiary/aromatic N) is 2. The predicted octanol–water partition coefficient (Wildman–Crippen LogP) is 4.11. The summed E-state index contributed by atoms with van der Waals surface area (Å²) in [7, 11) is -2.49. The van der Waals surface area contributed by atoms with Crippen LogP contribution in [-0.2, 0) is 36.4 Å². The fraction of sp³-hybridized carbons (Fsp3) is 0.273. The molecule has 1 aromatic heterocycles. The van der Waals surface area contributed by atoms with Crippen molar-refractivity contribution in [3.8, 4) is 0 Å². The van der Waals surface area contributed by atoms with Crippen LogP contribution in [0.25, 0.3) is 0 Å². The Morgan fingerprint density at radius 3 is 2.68 bits per heavy atom. The van der Waals surface area contributed by atoms with E-state index >= 15 is 0 Å². The van der Waals surface area contributed by atoms with Gasteiger partial charge in [-0.15, -0.1) is 0 Å². The molecule has 0 aliphatic carbocycles. The third kappa shape index (κ3) is 5.37. The number of imidazole rings is 1. The molecule has 12 heteroatoms. The fourth-order valence-electron chi connectivity index (χ4n) is 3.63. The van der Waals surface area contributed by atoms with Gasteiger partial charge in [-0.3, -0.25) is 5.32 Å². The summed E-state index contributed by atoms with van der Waals surface area (Å²) in [4.78, 5) is 15.5. The molecule has 34 heavy (non-hydrogen) atoms. The van der Waals surface area contributed by atoms with Gasteiger partial charge < -0.3 is 18.8 Å². The van der Waals surface area contributed by atoms with Gasteiger partial charge in [-0.25, -0.2) is 18.2 Å². The summed E-state index contributed by atoms with van der Waals surface area (Å²) >= 11 is 12.5. The minimum atomic E-state index is -3.73. The van der Waals surface area contributed by atoms with Gasteiger partial charge in [0.1, 0.15) is 0 Å². The molecule has 2 aromatic carbocycles. The number of carbonyl (C=O) groups excluding carboxylic acids is 1. The Morgan fingerprint density at radius 2 is 2.03 bits per heavy atom. The maximum absolute atomic E-state index is 13.0. The van der Waals surface area contributed by atoms with Crippen molar-refractivity contribution in [2.75, 3.05) is 24.8 Å². The van der Waals surface area contributed by atoms with Gasteiger partial charge in [0.2, 0.25) is 5.79 Å². The maximum atomic E-state index is 13.0. The monoisotopic (exact) mass is 525 g/mol. The summed E-state index contributed by atoms with van der Waals surface area (Å²) in [6.45, 7) is 0.244. The first-order chi connectivity index (χ1) is 16.2. The molecule has 0 bridgehead atoms. The third-order valence-corrected chi connectivity index (χ3v) is 7.55. The SMILES string of the molecule is COC(=O)Nc1ccc(S(=O)(=O)C[C@@H]2CO[C@@](Cn3ccnc3)(c3ccc(Cl)cc3Cl)O2)cc1. The molecule has 0 radical (unpaired) electrons. The first-order valence-electron chi connectivity index (χ1n) is 10.1. The highest BCUT2D eigenvalue weighted by atomic mass is 35.5. The first-order valence-corrected chi connectivity index (χ1v) is 12.5. The minimum Gasteiger partial charge on any atom is -0.453 e. The number of carbonyl (C=O) groups is 1. The van der Waals surface area contributed by atoms with Crippen molar-refractivity contribution in [1.29, 1.82) is 0 Å². The molecule has 0 unspecified atom stereocenters. The molecule has 1 saturated heterocycles. The van der Waals surface area contributed by atoms with Crippen molar-refractivity contribution >= 4 is 44.8 Å². The predicted molar refractivity (Wildman–Crippen MR) is 126 cm³/mol. The van der Waals surface area contributed by atoms with Crippen LogP contribution < -0.4 is 5.32 Å². The molecule has 1 amide bonds. The van der Waals surface area contributed by atoms with Crippen LogP contribution in [0.5, 0.6) is 0 Å². The van der Waals surface area contributed by atoms with E-state index in [4.69, 9.17) is 32.7 Å². The van der Waals surface area contributed by atoms with Crippen molar-refractivity contribution < 1.29 is 27.4 Å². The molecule has 1 aliphatic heterocycles. The molecule has 0 spiro atoms. The van der Waals surface area contributed by atoms with Crippen LogP contribution in [0.4, 0.5) is 10.5 Å². The molecule has 2 heterocycles. The van der Waals surface area contributed by atoms with Crippen molar-refractivity contribution in [1.82, 2.24) is 9.55 Å². The smallest absolute Gasteiger partial charge is 0.411 e. The van der Waals surface area contributed by atoms with Gasteiger partial charge in [0.05, 0.1) is 48.4 Å². The van der Waals surface area contributed by atoms with Gasteiger partial charge in [-0.1, -0.05) is 29.3 Å². The Labute approximate surface area is 206 Å². The van der Waals surface area contributed by atoms with Crippen LogP contribution in [0.1, 0.15) is 5.56 Å². The topological polar surface area (TPSA) is 109 Å². The van der Waals surface area contributed by atoms with Gasteiger partial charge >= 0.3 is 6.09 Å². The second kappa shape index (κ2) is 9.93. The largest absolute Gasteiger partial charge is 0.453 e. The summed E-state index contributed by atoms with van der Waals surface area (Å²) in [6.07, 6.45) is 3.56. The number of amides is 1. The molecular formula is C22H21Cl2N3O6S. The average Bonchev–Trinajstić information content (AvgIpc) is 3.44. The number of benzene rings is 2. The Morgan fingerprint density at radius 1 is 1.26 bits per heavy atom. The van der Waals surface area contributed by atoms with Gasteiger partial charge in [-0.05, 0) is 36.4 Å². The lowest BCUT2D eigenvalue weighted by Gasteiger charge is -2.30. The number of ether oxygens (including phenoxy) is 3. The number of nitrogens with one attached hydrogen (secondary N) is 1. The summed E-state index contributed by atoms with van der Waals surface area (Å²) in [5.74, 6) is -1.63. The number of halogens is 2. The van der Waals surface area contributed by atoms with Gasteiger partial charge in [-0.2, -0.15) is 0 Å². The molecule has 180 valence electrons. The molecule has 1 fully saturated rings. The number of methoxy groups -OCH3 is 1. The minimum absolute atomic E-state index is 0.0366. The van der Waals surface area contributed by atoms with E-state index in [0.29, 0.717) is 21.3 Å². The van der Waals surface area contributed by atoms with Gasteiger partial charge in [0, 0.05) is 28.7 Å². The summed E-state index contributed by atoms with van der Waals surface area (Å²) < 4.78 is 44.7. The quantitative estimate of drug-likeness (QED) is 0.494. The van der Waals surface area contributed by atoms with Crippen molar-refractivity contribution in [3.05, 3.63) is 76.8 Å². The number of aromatic nitrogens is 2. The van der Waals surface area contributed by atoms with E-state index in [1.54, 1.807) is 41.5 Å². The zero-order valence-corrected chi connectivity index (χ0v) is 20.3. The summed E-state index contributed by atoms with van der Waals surface area (Å²) in [6, 6.07) is 10.7. The van der Waals surface area contributed by atoms with E-state index in [2.05, 4.69) is 15.0 Å². The standard InChI is InChI=1S/C22H21Cl2N3O6S/c1-31-21(28)26-16-3-5-18(6-4-16)34(29,30)12-17-11-32-22(33-17,13-27-9-8-25-14-27)19-7-2-15(23)10-20(19)24/h2-10,14,17H,11-13H2,1H3,(H,26,28)/t17-,22+/m0/s1. The van der Waals surface area contributed by atoms with E-state index in [1.165, 1.54) is 31.4 Å². The highest BCUT2D eigenvalue weighted by Crippen LogP contribution is 2.41. The van der Waals surface area contributed by atoms with Crippen molar-refractivity contribution in [3.63, 3.8) is 0 Å². The Balaban J connectivity index is 1.55. The van der Waals surface area contributed by atoms with Crippen LogP contribution in [0.3, 0.4) is 0 Å².